The molecular formula is C17H19N. The lowest BCUT2D eigenvalue weighted by molar-refractivity contribution is 0.764. The summed E-state index contributed by atoms with van der Waals surface area (Å²) in [6, 6.07) is 16.0. The van der Waals surface area contributed by atoms with Gasteiger partial charge in [-0.2, -0.15) is 0 Å². The maximum absolute atomic E-state index is 3.55. The molecule has 92 valence electrons. The Morgan fingerprint density at radius 2 is 1.83 bits per heavy atom. The van der Waals surface area contributed by atoms with Crippen LogP contribution in [-0.2, 0) is 6.42 Å². The molecule has 0 bridgehead atoms. The molecule has 0 fully saturated rings. The van der Waals surface area contributed by atoms with Crippen molar-refractivity contribution >= 4 is 5.69 Å². The van der Waals surface area contributed by atoms with Crippen molar-refractivity contribution in [3.05, 3.63) is 53.6 Å². The van der Waals surface area contributed by atoms with Gasteiger partial charge >= 0.3 is 0 Å². The van der Waals surface area contributed by atoms with Crippen molar-refractivity contribution in [3.8, 4) is 11.1 Å². The molecule has 0 amide bonds. The number of hydrogen-bond acceptors (Lipinski definition) is 1. The monoisotopic (exact) mass is 237 g/mol. The van der Waals surface area contributed by atoms with Crippen LogP contribution >= 0.6 is 0 Å². The molecule has 1 aliphatic rings. The van der Waals surface area contributed by atoms with Crippen molar-refractivity contribution in [2.45, 2.75) is 32.7 Å². The predicted molar refractivity (Wildman–Crippen MR) is 78.1 cm³/mol. The van der Waals surface area contributed by atoms with Gasteiger partial charge in [-0.15, -0.1) is 0 Å². The number of anilines is 1. The van der Waals surface area contributed by atoms with Gasteiger partial charge in [-0.1, -0.05) is 37.3 Å². The highest BCUT2D eigenvalue weighted by Gasteiger charge is 2.17. The van der Waals surface area contributed by atoms with Gasteiger partial charge in [-0.25, -0.2) is 0 Å². The summed E-state index contributed by atoms with van der Waals surface area (Å²) >= 11 is 0. The molecule has 0 spiro atoms. The Balaban J connectivity index is 1.93. The summed E-state index contributed by atoms with van der Waals surface area (Å²) in [4.78, 5) is 0. The van der Waals surface area contributed by atoms with Gasteiger partial charge in [-0.3, -0.25) is 0 Å². The Hall–Kier alpha value is -1.76. The molecule has 1 N–H and O–H groups in total. The molecule has 3 rings (SSSR count). The van der Waals surface area contributed by atoms with E-state index >= 15 is 0 Å². The van der Waals surface area contributed by atoms with E-state index in [1.165, 1.54) is 27.9 Å². The lowest BCUT2D eigenvalue weighted by atomic mass is 10.1. The molecule has 1 heteroatoms. The third kappa shape index (κ3) is 1.90. The van der Waals surface area contributed by atoms with Crippen molar-refractivity contribution in [3.63, 3.8) is 0 Å². The average molecular weight is 237 g/mol. The standard InChI is InChI=1S/C17H19N/c1-3-12(2)18-15-8-9-17-14(11-15)10-13-6-4-5-7-16(13)17/h4-9,11-12,18H,3,10H2,1-2H3. The van der Waals surface area contributed by atoms with Gasteiger partial charge in [0.05, 0.1) is 0 Å². The molecule has 0 saturated carbocycles. The molecule has 0 radical (unpaired) electrons. The largest absolute Gasteiger partial charge is 0.383 e. The molecule has 1 aliphatic carbocycles. The van der Waals surface area contributed by atoms with E-state index in [-0.39, 0.29) is 0 Å². The topological polar surface area (TPSA) is 12.0 Å². The van der Waals surface area contributed by atoms with Crippen LogP contribution in [0.1, 0.15) is 31.4 Å². The molecule has 0 aromatic heterocycles. The van der Waals surface area contributed by atoms with E-state index in [0.717, 1.165) is 12.8 Å². The third-order valence-corrected chi connectivity index (χ3v) is 3.82. The second-order valence-electron chi connectivity index (χ2n) is 5.16. The van der Waals surface area contributed by atoms with E-state index < -0.39 is 0 Å². The van der Waals surface area contributed by atoms with E-state index in [0.29, 0.717) is 6.04 Å². The van der Waals surface area contributed by atoms with Gasteiger partial charge in [-0.05, 0) is 54.2 Å². The predicted octanol–water partition coefficient (Wildman–Crippen LogP) is 4.47. The van der Waals surface area contributed by atoms with Crippen LogP contribution in [0.3, 0.4) is 0 Å². The van der Waals surface area contributed by atoms with Crippen LogP contribution in [0.4, 0.5) is 5.69 Å². The zero-order valence-electron chi connectivity index (χ0n) is 11.0. The van der Waals surface area contributed by atoms with E-state index in [9.17, 15) is 0 Å². The molecule has 2 aromatic carbocycles. The second kappa shape index (κ2) is 4.49. The van der Waals surface area contributed by atoms with Gasteiger partial charge < -0.3 is 5.32 Å². The summed E-state index contributed by atoms with van der Waals surface area (Å²) in [6.45, 7) is 4.43. The van der Waals surface area contributed by atoms with Crippen molar-refractivity contribution < 1.29 is 0 Å². The molecule has 1 atom stereocenters. The Morgan fingerprint density at radius 3 is 2.67 bits per heavy atom. The summed E-state index contributed by atoms with van der Waals surface area (Å²) in [5.41, 5.74) is 6.96. The Bertz CT molecular complexity index is 572. The van der Waals surface area contributed by atoms with Crippen LogP contribution < -0.4 is 5.32 Å². The molecular weight excluding hydrogens is 218 g/mol. The van der Waals surface area contributed by atoms with Crippen LogP contribution in [0, 0.1) is 0 Å². The molecule has 2 aromatic rings. The quantitative estimate of drug-likeness (QED) is 0.708. The third-order valence-electron chi connectivity index (χ3n) is 3.82. The lowest BCUT2D eigenvalue weighted by Crippen LogP contribution is -2.13. The summed E-state index contributed by atoms with van der Waals surface area (Å²) < 4.78 is 0. The molecule has 0 heterocycles. The highest BCUT2D eigenvalue weighted by atomic mass is 14.9. The maximum atomic E-state index is 3.55. The Kier molecular flexibility index (Phi) is 2.83. The summed E-state index contributed by atoms with van der Waals surface area (Å²) in [5, 5.41) is 3.55. The van der Waals surface area contributed by atoms with Crippen LogP contribution in [0.15, 0.2) is 42.5 Å². The maximum Gasteiger partial charge on any atom is 0.0345 e. The van der Waals surface area contributed by atoms with E-state index in [1.54, 1.807) is 0 Å². The second-order valence-corrected chi connectivity index (χ2v) is 5.16. The fourth-order valence-corrected chi connectivity index (χ4v) is 2.62. The smallest absolute Gasteiger partial charge is 0.0345 e. The fourth-order valence-electron chi connectivity index (χ4n) is 2.62. The zero-order valence-corrected chi connectivity index (χ0v) is 11.0. The normalized spacial score (nSPS) is 13.9. The van der Waals surface area contributed by atoms with E-state index in [4.69, 9.17) is 0 Å². The van der Waals surface area contributed by atoms with Crippen LogP contribution in [0.2, 0.25) is 0 Å². The molecule has 1 nitrogen and oxygen atoms in total. The Morgan fingerprint density at radius 1 is 1.06 bits per heavy atom. The zero-order chi connectivity index (χ0) is 12.5. The minimum atomic E-state index is 0.534. The summed E-state index contributed by atoms with van der Waals surface area (Å²) in [5.74, 6) is 0. The van der Waals surface area contributed by atoms with E-state index in [2.05, 4.69) is 61.6 Å². The van der Waals surface area contributed by atoms with Crippen LogP contribution in [0.25, 0.3) is 11.1 Å². The van der Waals surface area contributed by atoms with Gasteiger partial charge in [0.2, 0.25) is 0 Å². The summed E-state index contributed by atoms with van der Waals surface area (Å²) in [6.07, 6.45) is 2.22. The first-order chi connectivity index (χ1) is 8.78. The first kappa shape index (κ1) is 11.3. The lowest BCUT2D eigenvalue weighted by Gasteiger charge is -2.14. The van der Waals surface area contributed by atoms with E-state index in [1.807, 2.05) is 0 Å². The minimum Gasteiger partial charge on any atom is -0.383 e. The molecule has 0 aliphatic heterocycles. The van der Waals surface area contributed by atoms with Crippen LogP contribution in [0.5, 0.6) is 0 Å². The number of fused-ring (bicyclic) bond motifs is 3. The molecule has 0 saturated heterocycles. The van der Waals surface area contributed by atoms with Gasteiger partial charge in [0, 0.05) is 11.7 Å². The molecule has 1 unspecified atom stereocenters. The molecule has 18 heavy (non-hydrogen) atoms. The van der Waals surface area contributed by atoms with Gasteiger partial charge in [0.25, 0.3) is 0 Å². The van der Waals surface area contributed by atoms with Crippen molar-refractivity contribution in [1.82, 2.24) is 0 Å². The van der Waals surface area contributed by atoms with Gasteiger partial charge in [0.15, 0.2) is 0 Å². The van der Waals surface area contributed by atoms with Gasteiger partial charge in [0.1, 0.15) is 0 Å². The minimum absolute atomic E-state index is 0.534. The van der Waals surface area contributed by atoms with Crippen LogP contribution in [-0.4, -0.2) is 6.04 Å². The van der Waals surface area contributed by atoms with Crippen molar-refractivity contribution in [2.75, 3.05) is 5.32 Å². The first-order valence-corrected chi connectivity index (χ1v) is 6.75. The van der Waals surface area contributed by atoms with Crippen molar-refractivity contribution in [2.24, 2.45) is 0 Å². The number of rotatable bonds is 3. The average Bonchev–Trinajstić information content (AvgIpc) is 2.76. The number of nitrogens with one attached hydrogen (secondary N) is 1. The Labute approximate surface area is 109 Å². The SMILES string of the molecule is CCC(C)Nc1ccc2c(c1)Cc1ccccc1-2. The number of benzene rings is 2. The number of hydrogen-bond donors (Lipinski definition) is 1. The highest BCUT2D eigenvalue weighted by molar-refractivity contribution is 5.78. The highest BCUT2D eigenvalue weighted by Crippen LogP contribution is 2.37. The van der Waals surface area contributed by atoms with Crippen molar-refractivity contribution in [1.29, 1.82) is 0 Å². The fraction of sp³-hybridized carbons (Fsp3) is 0.294. The summed E-state index contributed by atoms with van der Waals surface area (Å²) in [7, 11) is 0. The first-order valence-electron chi connectivity index (χ1n) is 6.75.